The van der Waals surface area contributed by atoms with Crippen molar-refractivity contribution < 1.29 is 43.0 Å². The van der Waals surface area contributed by atoms with Crippen LogP contribution in [-0.4, -0.2) is 109 Å². The standard InChI is InChI=1S/C41H67N5O9/c1-23(2)26-16-19-45(29(26)35(50)54-13)33(48)31(44-37(52)55-39(6,7)8)40(9,10)17-18-41(11)21-27(41)24-20-28(34(49)53-12)46(22-24)32(47)30(38(3,4)5)43-36(51)42-25-14-15-25/h21,23-26,28-31H,14-20,22H2,1-13H3,(H,44,52)(H2,42,43,51)/t24-,26-,28+,29+,30-,31-,41?/m1/s1. The highest BCUT2D eigenvalue weighted by molar-refractivity contribution is 5.92. The van der Waals surface area contributed by atoms with Crippen molar-refractivity contribution in [2.45, 2.75) is 150 Å². The first-order valence-electron chi connectivity index (χ1n) is 19.9. The van der Waals surface area contributed by atoms with E-state index in [1.807, 2.05) is 48.5 Å². The van der Waals surface area contributed by atoms with Gasteiger partial charge in [0.25, 0.3) is 0 Å². The van der Waals surface area contributed by atoms with Gasteiger partial charge in [-0.1, -0.05) is 67.0 Å². The van der Waals surface area contributed by atoms with Crippen LogP contribution < -0.4 is 16.0 Å². The summed E-state index contributed by atoms with van der Waals surface area (Å²) in [5.41, 5.74) is -1.44. The van der Waals surface area contributed by atoms with E-state index < -0.39 is 64.7 Å². The van der Waals surface area contributed by atoms with Gasteiger partial charge >= 0.3 is 24.1 Å². The summed E-state index contributed by atoms with van der Waals surface area (Å²) in [6.45, 7) is 21.6. The molecule has 1 saturated carbocycles. The summed E-state index contributed by atoms with van der Waals surface area (Å²) in [4.78, 5) is 84.0. The average Bonchev–Trinajstić information content (AvgIpc) is 3.90. The van der Waals surface area contributed by atoms with Gasteiger partial charge in [-0.15, -0.1) is 0 Å². The Morgan fingerprint density at radius 1 is 0.855 bits per heavy atom. The summed E-state index contributed by atoms with van der Waals surface area (Å²) < 4.78 is 15.9. The van der Waals surface area contributed by atoms with Gasteiger partial charge in [-0.2, -0.15) is 0 Å². The van der Waals surface area contributed by atoms with E-state index in [0.29, 0.717) is 38.8 Å². The number of rotatable bonds is 13. The number of alkyl carbamates (subject to hydrolysis) is 1. The fourth-order valence-corrected chi connectivity index (χ4v) is 8.27. The first-order valence-corrected chi connectivity index (χ1v) is 19.9. The van der Waals surface area contributed by atoms with E-state index >= 15 is 0 Å². The minimum atomic E-state index is -1.01. The molecule has 0 aromatic rings. The van der Waals surface area contributed by atoms with E-state index in [0.717, 1.165) is 18.4 Å². The molecule has 14 heteroatoms. The number of esters is 2. The van der Waals surface area contributed by atoms with Crippen LogP contribution in [0.25, 0.3) is 0 Å². The molecule has 3 N–H and O–H groups in total. The molecule has 0 spiro atoms. The Bertz CT molecular complexity index is 1520. The van der Waals surface area contributed by atoms with Crippen molar-refractivity contribution in [3.05, 3.63) is 11.6 Å². The lowest BCUT2D eigenvalue weighted by Gasteiger charge is -2.39. The van der Waals surface area contributed by atoms with Crippen LogP contribution in [0.2, 0.25) is 0 Å². The molecule has 1 unspecified atom stereocenters. The molecule has 2 heterocycles. The molecular weight excluding hydrogens is 706 g/mol. The third-order valence-electron chi connectivity index (χ3n) is 11.9. The molecule has 2 saturated heterocycles. The van der Waals surface area contributed by atoms with Crippen molar-refractivity contribution in [1.82, 2.24) is 25.8 Å². The number of hydrogen-bond donors (Lipinski definition) is 3. The largest absolute Gasteiger partial charge is 0.467 e. The Hall–Kier alpha value is -3.84. The molecule has 2 aliphatic carbocycles. The fraction of sp³-hybridized carbons (Fsp3) is 0.805. The van der Waals surface area contributed by atoms with Crippen molar-refractivity contribution in [2.24, 2.45) is 34.0 Å². The fourth-order valence-electron chi connectivity index (χ4n) is 8.27. The second kappa shape index (κ2) is 16.3. The molecule has 0 radical (unpaired) electrons. The molecule has 4 rings (SSSR count). The maximum absolute atomic E-state index is 14.5. The van der Waals surface area contributed by atoms with Gasteiger partial charge < -0.3 is 40.0 Å². The molecule has 55 heavy (non-hydrogen) atoms. The molecule has 2 aliphatic heterocycles. The number of nitrogens with one attached hydrogen (secondary N) is 3. The van der Waals surface area contributed by atoms with Gasteiger partial charge in [0.05, 0.1) is 14.2 Å². The number of carbonyl (C=O) groups excluding carboxylic acids is 6. The molecule has 5 amide bonds. The minimum Gasteiger partial charge on any atom is -0.467 e. The Morgan fingerprint density at radius 2 is 1.45 bits per heavy atom. The van der Waals surface area contributed by atoms with E-state index in [-0.39, 0.29) is 41.0 Å². The van der Waals surface area contributed by atoms with Crippen LogP contribution in [0, 0.1) is 34.0 Å². The van der Waals surface area contributed by atoms with E-state index in [1.165, 1.54) is 14.2 Å². The molecule has 0 aromatic heterocycles. The van der Waals surface area contributed by atoms with E-state index in [2.05, 4.69) is 29.0 Å². The van der Waals surface area contributed by atoms with Gasteiger partial charge in [0.15, 0.2) is 0 Å². The van der Waals surface area contributed by atoms with E-state index in [4.69, 9.17) is 14.2 Å². The number of allylic oxidation sites excluding steroid dienone is 1. The number of nitrogens with zero attached hydrogens (tertiary/aromatic N) is 2. The Balaban J connectivity index is 1.51. The van der Waals surface area contributed by atoms with Crippen LogP contribution in [0.15, 0.2) is 11.6 Å². The Labute approximate surface area is 327 Å². The summed E-state index contributed by atoms with van der Waals surface area (Å²) >= 11 is 0. The van der Waals surface area contributed by atoms with E-state index in [1.54, 1.807) is 30.6 Å². The second-order valence-electron chi connectivity index (χ2n) is 19.4. The number of hydrogen-bond acceptors (Lipinski definition) is 9. The Kier molecular flexibility index (Phi) is 13.0. The van der Waals surface area contributed by atoms with Crippen molar-refractivity contribution >= 4 is 35.9 Å². The molecule has 14 nitrogen and oxygen atoms in total. The number of amides is 5. The molecule has 3 fully saturated rings. The first kappa shape index (κ1) is 43.9. The number of ether oxygens (including phenoxy) is 3. The van der Waals surface area contributed by atoms with Gasteiger partial charge in [0.1, 0.15) is 29.8 Å². The highest BCUT2D eigenvalue weighted by atomic mass is 16.6. The lowest BCUT2D eigenvalue weighted by molar-refractivity contribution is -0.154. The number of likely N-dealkylation sites (tertiary alicyclic amines) is 2. The zero-order valence-corrected chi connectivity index (χ0v) is 35.4. The van der Waals surface area contributed by atoms with Crippen LogP contribution >= 0.6 is 0 Å². The topological polar surface area (TPSA) is 173 Å². The summed E-state index contributed by atoms with van der Waals surface area (Å²) in [7, 11) is 2.63. The van der Waals surface area contributed by atoms with E-state index in [9.17, 15) is 28.8 Å². The Morgan fingerprint density at radius 3 is 1.98 bits per heavy atom. The summed E-state index contributed by atoms with van der Waals surface area (Å²) in [5, 5.41) is 8.65. The number of methoxy groups -OCH3 is 2. The van der Waals surface area contributed by atoms with Crippen LogP contribution in [0.3, 0.4) is 0 Å². The van der Waals surface area contributed by atoms with Crippen LogP contribution in [-0.2, 0) is 33.4 Å². The normalized spacial score (nSPS) is 26.5. The van der Waals surface area contributed by atoms with Gasteiger partial charge in [-0.05, 0) is 82.0 Å². The van der Waals surface area contributed by atoms with Crippen molar-refractivity contribution in [3.8, 4) is 0 Å². The molecule has 4 aliphatic rings. The summed E-state index contributed by atoms with van der Waals surface area (Å²) in [5.74, 6) is -1.73. The predicted molar refractivity (Wildman–Crippen MR) is 206 cm³/mol. The first-order chi connectivity index (χ1) is 25.3. The van der Waals surface area contributed by atoms with Crippen molar-refractivity contribution in [2.75, 3.05) is 27.3 Å². The zero-order valence-electron chi connectivity index (χ0n) is 35.4. The molecular formula is C41H67N5O9. The van der Waals surface area contributed by atoms with Crippen molar-refractivity contribution in [3.63, 3.8) is 0 Å². The monoisotopic (exact) mass is 773 g/mol. The zero-order chi connectivity index (χ0) is 41.4. The average molecular weight is 774 g/mol. The van der Waals surface area contributed by atoms with Gasteiger partial charge in [-0.25, -0.2) is 19.2 Å². The maximum atomic E-state index is 14.5. The second-order valence-corrected chi connectivity index (χ2v) is 19.4. The van der Waals surface area contributed by atoms with Gasteiger partial charge in [-0.3, -0.25) is 9.59 Å². The lowest BCUT2D eigenvalue weighted by atomic mass is 9.75. The van der Waals surface area contributed by atoms with Crippen LogP contribution in [0.1, 0.15) is 115 Å². The predicted octanol–water partition coefficient (Wildman–Crippen LogP) is 4.94. The third-order valence-corrected chi connectivity index (χ3v) is 11.9. The SMILES string of the molecule is COC(=O)[C@@H]1[C@@H](C(C)C)CCN1C(=O)[C@@H](NC(=O)OC(C)(C)C)C(C)(C)CCC1(C)C=C1[C@@H]1C[C@@H](C(=O)OC)N(C(=O)[C@@H](NC(=O)NC2CC2)C(C)(C)C)C1. The molecule has 310 valence electrons. The minimum absolute atomic E-state index is 0.0835. The van der Waals surface area contributed by atoms with Crippen molar-refractivity contribution in [1.29, 1.82) is 0 Å². The maximum Gasteiger partial charge on any atom is 0.408 e. The summed E-state index contributed by atoms with van der Waals surface area (Å²) in [6.07, 6.45) is 5.44. The highest BCUT2D eigenvalue weighted by Gasteiger charge is 2.53. The highest BCUT2D eigenvalue weighted by Crippen LogP contribution is 2.56. The molecule has 0 aromatic carbocycles. The van der Waals surface area contributed by atoms with Gasteiger partial charge in [0.2, 0.25) is 11.8 Å². The molecule has 7 atom stereocenters. The van der Waals surface area contributed by atoms with Gasteiger partial charge in [0, 0.05) is 30.5 Å². The van der Waals surface area contributed by atoms with Crippen LogP contribution in [0.5, 0.6) is 0 Å². The smallest absolute Gasteiger partial charge is 0.408 e. The lowest BCUT2D eigenvalue weighted by Crippen LogP contribution is -2.58. The third kappa shape index (κ3) is 10.5. The number of urea groups is 1. The summed E-state index contributed by atoms with van der Waals surface area (Å²) in [6, 6.07) is -3.72. The number of carbonyl (C=O) groups is 6. The molecule has 0 bridgehead atoms. The quantitative estimate of drug-likeness (QED) is 0.133. The van der Waals surface area contributed by atoms with Crippen LogP contribution in [0.4, 0.5) is 9.59 Å².